The van der Waals surface area contributed by atoms with Gasteiger partial charge in [-0.2, -0.15) is 0 Å². The first-order valence-corrected chi connectivity index (χ1v) is 4.88. The third-order valence-electron chi connectivity index (χ3n) is 2.51. The summed E-state index contributed by atoms with van der Waals surface area (Å²) in [7, 11) is 0. The fourth-order valence-corrected chi connectivity index (χ4v) is 2.27. The molecule has 1 aliphatic carbocycles. The van der Waals surface area contributed by atoms with E-state index in [-0.39, 0.29) is 5.78 Å². The molecule has 0 fully saturated rings. The zero-order chi connectivity index (χ0) is 9.42. The lowest BCUT2D eigenvalue weighted by atomic mass is 9.88. The minimum absolute atomic E-state index is 0.274. The predicted octanol–water partition coefficient (Wildman–Crippen LogP) is 3.17. The number of hydrogen-bond donors (Lipinski definition) is 0. The van der Waals surface area contributed by atoms with E-state index in [1.807, 2.05) is 19.1 Å². The first-order valence-electron chi connectivity index (χ1n) is 4.50. The maximum atomic E-state index is 11.6. The van der Waals surface area contributed by atoms with E-state index in [1.54, 1.807) is 0 Å². The fourth-order valence-electron chi connectivity index (χ4n) is 1.97. The minimum atomic E-state index is 0.274. The lowest BCUT2D eigenvalue weighted by Crippen LogP contribution is -2.12. The summed E-state index contributed by atoms with van der Waals surface area (Å²) in [6.45, 7) is 1.95. The number of benzene rings is 1. The molecule has 0 amide bonds. The maximum Gasteiger partial charge on any atom is 0.163 e. The van der Waals surface area contributed by atoms with Gasteiger partial charge in [0.25, 0.3) is 0 Å². The van der Waals surface area contributed by atoms with Gasteiger partial charge in [-0.3, -0.25) is 4.79 Å². The van der Waals surface area contributed by atoms with E-state index in [4.69, 9.17) is 11.6 Å². The summed E-state index contributed by atoms with van der Waals surface area (Å²) in [6, 6.07) is 3.78. The van der Waals surface area contributed by atoms with Crippen molar-refractivity contribution in [2.24, 2.45) is 0 Å². The van der Waals surface area contributed by atoms with E-state index in [0.29, 0.717) is 6.42 Å². The van der Waals surface area contributed by atoms with Crippen molar-refractivity contribution >= 4 is 17.4 Å². The molecule has 68 valence electrons. The van der Waals surface area contributed by atoms with Crippen molar-refractivity contribution in [3.63, 3.8) is 0 Å². The van der Waals surface area contributed by atoms with Crippen LogP contribution in [0.5, 0.6) is 0 Å². The second-order valence-electron chi connectivity index (χ2n) is 3.53. The predicted molar refractivity (Wildman–Crippen MR) is 53.5 cm³/mol. The monoisotopic (exact) mass is 194 g/mol. The summed E-state index contributed by atoms with van der Waals surface area (Å²) in [4.78, 5) is 11.6. The largest absolute Gasteiger partial charge is 0.294 e. The summed E-state index contributed by atoms with van der Waals surface area (Å²) >= 11 is 5.92. The number of fused-ring (bicyclic) bond motifs is 1. The molecule has 1 aliphatic rings. The van der Waals surface area contributed by atoms with E-state index in [9.17, 15) is 4.79 Å². The van der Waals surface area contributed by atoms with Crippen molar-refractivity contribution in [1.29, 1.82) is 0 Å². The van der Waals surface area contributed by atoms with Gasteiger partial charge in [0.05, 0.1) is 0 Å². The lowest BCUT2D eigenvalue weighted by Gasteiger charge is -2.16. The standard InChI is InChI=1S/C11H11ClO/c1-7-5-9(12)6-8-3-2-4-10(13)11(7)8/h5-6H,2-4H2,1H3. The average molecular weight is 195 g/mol. The van der Waals surface area contributed by atoms with Crippen LogP contribution in [-0.4, -0.2) is 5.78 Å². The van der Waals surface area contributed by atoms with Crippen molar-refractivity contribution in [1.82, 2.24) is 0 Å². The molecule has 1 aromatic carbocycles. The Morgan fingerprint density at radius 3 is 2.85 bits per heavy atom. The van der Waals surface area contributed by atoms with Gasteiger partial charge >= 0.3 is 0 Å². The van der Waals surface area contributed by atoms with Crippen LogP contribution in [0.25, 0.3) is 0 Å². The molecule has 0 aliphatic heterocycles. The quantitative estimate of drug-likeness (QED) is 0.620. The van der Waals surface area contributed by atoms with E-state index < -0.39 is 0 Å². The molecular weight excluding hydrogens is 184 g/mol. The molecule has 13 heavy (non-hydrogen) atoms. The Labute approximate surface area is 82.7 Å². The van der Waals surface area contributed by atoms with Crippen molar-refractivity contribution in [3.8, 4) is 0 Å². The number of Topliss-reactive ketones (excluding diaryl/α,β-unsaturated/α-hetero) is 1. The first-order chi connectivity index (χ1) is 6.18. The highest BCUT2D eigenvalue weighted by Gasteiger charge is 2.19. The minimum Gasteiger partial charge on any atom is -0.294 e. The SMILES string of the molecule is Cc1cc(Cl)cc2c1C(=O)CCC2. The van der Waals surface area contributed by atoms with Crippen molar-refractivity contribution in [2.75, 3.05) is 0 Å². The molecule has 0 radical (unpaired) electrons. The molecule has 0 bridgehead atoms. The fraction of sp³-hybridized carbons (Fsp3) is 0.364. The Bertz CT molecular complexity index is 369. The van der Waals surface area contributed by atoms with Crippen LogP contribution in [0, 0.1) is 6.92 Å². The van der Waals surface area contributed by atoms with Gasteiger partial charge in [-0.1, -0.05) is 11.6 Å². The summed E-state index contributed by atoms with van der Waals surface area (Å²) in [5.74, 6) is 0.274. The number of carbonyl (C=O) groups excluding carboxylic acids is 1. The van der Waals surface area contributed by atoms with Crippen LogP contribution in [0.1, 0.15) is 34.3 Å². The molecule has 1 nitrogen and oxygen atoms in total. The van der Waals surface area contributed by atoms with Gasteiger partial charge in [-0.25, -0.2) is 0 Å². The van der Waals surface area contributed by atoms with Gasteiger partial charge in [0.15, 0.2) is 5.78 Å². The molecular formula is C11H11ClO. The Morgan fingerprint density at radius 1 is 1.31 bits per heavy atom. The van der Waals surface area contributed by atoms with Gasteiger partial charge in [-0.15, -0.1) is 0 Å². The maximum absolute atomic E-state index is 11.6. The number of rotatable bonds is 0. The second-order valence-corrected chi connectivity index (χ2v) is 3.97. The lowest BCUT2D eigenvalue weighted by molar-refractivity contribution is 0.0972. The molecule has 0 atom stereocenters. The van der Waals surface area contributed by atoms with Crippen LogP contribution >= 0.6 is 11.6 Å². The molecule has 0 aromatic heterocycles. The van der Waals surface area contributed by atoms with Crippen LogP contribution in [0.3, 0.4) is 0 Å². The highest BCUT2D eigenvalue weighted by Crippen LogP contribution is 2.27. The topological polar surface area (TPSA) is 17.1 Å². The molecule has 0 spiro atoms. The van der Waals surface area contributed by atoms with Crippen LogP contribution < -0.4 is 0 Å². The van der Waals surface area contributed by atoms with Crippen LogP contribution in [0.15, 0.2) is 12.1 Å². The summed E-state index contributed by atoms with van der Waals surface area (Å²) in [6.07, 6.45) is 2.64. The van der Waals surface area contributed by atoms with Gasteiger partial charge in [0.2, 0.25) is 0 Å². The van der Waals surface area contributed by atoms with Gasteiger partial charge in [0.1, 0.15) is 0 Å². The van der Waals surface area contributed by atoms with E-state index >= 15 is 0 Å². The zero-order valence-corrected chi connectivity index (χ0v) is 8.32. The van der Waals surface area contributed by atoms with Crippen LogP contribution in [0.2, 0.25) is 5.02 Å². The number of ketones is 1. The Hall–Kier alpha value is -0.820. The zero-order valence-electron chi connectivity index (χ0n) is 7.56. The number of halogens is 1. The van der Waals surface area contributed by atoms with Crippen LogP contribution in [-0.2, 0) is 6.42 Å². The summed E-state index contributed by atoms with van der Waals surface area (Å²) in [5.41, 5.74) is 3.06. The molecule has 0 unspecified atom stereocenters. The van der Waals surface area contributed by atoms with Crippen molar-refractivity contribution in [3.05, 3.63) is 33.8 Å². The highest BCUT2D eigenvalue weighted by molar-refractivity contribution is 6.30. The normalized spacial score (nSPS) is 15.7. The van der Waals surface area contributed by atoms with E-state index in [2.05, 4.69) is 0 Å². The van der Waals surface area contributed by atoms with Gasteiger partial charge in [-0.05, 0) is 43.0 Å². The Kier molecular flexibility index (Phi) is 2.12. The Morgan fingerprint density at radius 2 is 2.08 bits per heavy atom. The first kappa shape index (κ1) is 8.76. The number of aryl methyl sites for hydroxylation is 2. The average Bonchev–Trinajstić information content (AvgIpc) is 2.02. The molecule has 2 rings (SSSR count). The summed E-state index contributed by atoms with van der Waals surface area (Å²) in [5, 5.41) is 0.742. The van der Waals surface area contributed by atoms with Crippen molar-refractivity contribution < 1.29 is 4.79 Å². The smallest absolute Gasteiger partial charge is 0.163 e. The summed E-state index contributed by atoms with van der Waals surface area (Å²) < 4.78 is 0. The van der Waals surface area contributed by atoms with E-state index in [1.165, 1.54) is 0 Å². The van der Waals surface area contributed by atoms with Crippen LogP contribution in [0.4, 0.5) is 0 Å². The van der Waals surface area contributed by atoms with E-state index in [0.717, 1.165) is 34.6 Å². The van der Waals surface area contributed by atoms with Gasteiger partial charge < -0.3 is 0 Å². The molecule has 0 saturated heterocycles. The molecule has 0 heterocycles. The second kappa shape index (κ2) is 3.15. The van der Waals surface area contributed by atoms with Crippen molar-refractivity contribution in [2.45, 2.75) is 26.2 Å². The third-order valence-corrected chi connectivity index (χ3v) is 2.73. The third kappa shape index (κ3) is 1.49. The molecule has 2 heteroatoms. The molecule has 0 saturated carbocycles. The highest BCUT2D eigenvalue weighted by atomic mass is 35.5. The molecule has 1 aromatic rings. The number of hydrogen-bond acceptors (Lipinski definition) is 1. The molecule has 0 N–H and O–H groups in total. The van der Waals surface area contributed by atoms with Gasteiger partial charge in [0, 0.05) is 17.0 Å². The number of carbonyl (C=O) groups is 1. The Balaban J connectivity index is 2.63.